The topological polar surface area (TPSA) is 76.1 Å². The van der Waals surface area contributed by atoms with Crippen LogP contribution in [0, 0.1) is 0 Å². The van der Waals surface area contributed by atoms with Crippen LogP contribution in [0.2, 0.25) is 5.02 Å². The van der Waals surface area contributed by atoms with Crippen molar-refractivity contribution in [2.24, 2.45) is 0 Å². The summed E-state index contributed by atoms with van der Waals surface area (Å²) in [4.78, 5) is 12.1. The highest BCUT2D eigenvalue weighted by atomic mass is 35.5. The van der Waals surface area contributed by atoms with Crippen LogP contribution < -0.4 is 15.4 Å². The molecule has 7 heteroatoms. The minimum Gasteiger partial charge on any atom is -0.496 e. The second-order valence-corrected chi connectivity index (χ2v) is 6.58. The number of amides is 1. The van der Waals surface area contributed by atoms with Gasteiger partial charge in [-0.3, -0.25) is 4.79 Å². The SMILES string of the molecule is COc1ccccc1CCNc1ccc(NC(=O)Cc2ccc(Cl)cc2)nn1. The zero-order valence-corrected chi connectivity index (χ0v) is 16.2. The van der Waals surface area contributed by atoms with E-state index in [1.54, 1.807) is 31.4 Å². The second kappa shape index (κ2) is 9.71. The Morgan fingerprint density at radius 1 is 1.00 bits per heavy atom. The Bertz CT molecular complexity index is 914. The fourth-order valence-corrected chi connectivity index (χ4v) is 2.83. The van der Waals surface area contributed by atoms with Crippen molar-refractivity contribution in [3.05, 3.63) is 76.8 Å². The molecule has 2 aromatic carbocycles. The van der Waals surface area contributed by atoms with E-state index in [2.05, 4.69) is 20.8 Å². The first-order valence-corrected chi connectivity index (χ1v) is 9.25. The summed E-state index contributed by atoms with van der Waals surface area (Å²) in [7, 11) is 1.66. The third-order valence-corrected chi connectivity index (χ3v) is 4.35. The number of nitrogens with zero attached hydrogens (tertiary/aromatic N) is 2. The fourth-order valence-electron chi connectivity index (χ4n) is 2.70. The van der Waals surface area contributed by atoms with E-state index >= 15 is 0 Å². The number of carbonyl (C=O) groups is 1. The standard InChI is InChI=1S/C21H21ClN4O2/c1-28-18-5-3-2-4-16(18)12-13-23-19-10-11-20(26-25-19)24-21(27)14-15-6-8-17(22)9-7-15/h2-11H,12-14H2,1H3,(H,23,25)(H,24,26,27). The summed E-state index contributed by atoms with van der Waals surface area (Å²) in [5.41, 5.74) is 2.00. The van der Waals surface area contributed by atoms with Gasteiger partial charge in [-0.05, 0) is 47.9 Å². The van der Waals surface area contributed by atoms with Gasteiger partial charge < -0.3 is 15.4 Å². The summed E-state index contributed by atoms with van der Waals surface area (Å²) in [6.45, 7) is 0.692. The number of nitrogens with one attached hydrogen (secondary N) is 2. The van der Waals surface area contributed by atoms with Crippen LogP contribution in [0.4, 0.5) is 11.6 Å². The normalized spacial score (nSPS) is 10.4. The molecule has 0 bridgehead atoms. The van der Waals surface area contributed by atoms with Gasteiger partial charge in [0.05, 0.1) is 13.5 Å². The molecule has 1 heterocycles. The molecular weight excluding hydrogens is 376 g/mol. The average Bonchev–Trinajstić information content (AvgIpc) is 2.71. The molecule has 0 unspecified atom stereocenters. The lowest BCUT2D eigenvalue weighted by Gasteiger charge is -2.09. The zero-order valence-electron chi connectivity index (χ0n) is 15.5. The van der Waals surface area contributed by atoms with E-state index in [4.69, 9.17) is 16.3 Å². The molecule has 6 nitrogen and oxygen atoms in total. The third-order valence-electron chi connectivity index (χ3n) is 4.10. The Labute approximate surface area is 168 Å². The maximum absolute atomic E-state index is 12.1. The number of hydrogen-bond donors (Lipinski definition) is 2. The van der Waals surface area contributed by atoms with E-state index in [0.29, 0.717) is 23.2 Å². The highest BCUT2D eigenvalue weighted by molar-refractivity contribution is 6.30. The molecule has 0 saturated heterocycles. The Morgan fingerprint density at radius 2 is 1.71 bits per heavy atom. The van der Waals surface area contributed by atoms with Crippen LogP contribution in [0.5, 0.6) is 5.75 Å². The molecule has 2 N–H and O–H groups in total. The van der Waals surface area contributed by atoms with Gasteiger partial charge in [0.1, 0.15) is 11.6 Å². The van der Waals surface area contributed by atoms with Crippen LogP contribution in [0.25, 0.3) is 0 Å². The number of carbonyl (C=O) groups excluding carboxylic acids is 1. The molecule has 0 spiro atoms. The predicted octanol–water partition coefficient (Wildman–Crippen LogP) is 3.97. The molecule has 0 fully saturated rings. The lowest BCUT2D eigenvalue weighted by Crippen LogP contribution is -2.16. The summed E-state index contributed by atoms with van der Waals surface area (Å²) in [6.07, 6.45) is 1.04. The summed E-state index contributed by atoms with van der Waals surface area (Å²) in [6, 6.07) is 18.6. The quantitative estimate of drug-likeness (QED) is 0.602. The smallest absolute Gasteiger partial charge is 0.229 e. The molecule has 0 atom stereocenters. The molecule has 0 radical (unpaired) electrons. The number of methoxy groups -OCH3 is 1. The molecule has 0 aliphatic heterocycles. The van der Waals surface area contributed by atoms with Crippen LogP contribution in [0.3, 0.4) is 0 Å². The van der Waals surface area contributed by atoms with Crippen molar-refractivity contribution in [2.75, 3.05) is 24.3 Å². The number of para-hydroxylation sites is 1. The third kappa shape index (κ3) is 5.69. The van der Waals surface area contributed by atoms with Crippen LogP contribution in [-0.4, -0.2) is 29.8 Å². The van der Waals surface area contributed by atoms with Crippen LogP contribution >= 0.6 is 11.6 Å². The lowest BCUT2D eigenvalue weighted by atomic mass is 10.1. The minimum atomic E-state index is -0.159. The van der Waals surface area contributed by atoms with Crippen molar-refractivity contribution < 1.29 is 9.53 Å². The van der Waals surface area contributed by atoms with Gasteiger partial charge >= 0.3 is 0 Å². The summed E-state index contributed by atoms with van der Waals surface area (Å²) < 4.78 is 5.35. The van der Waals surface area contributed by atoms with Crippen LogP contribution in [-0.2, 0) is 17.6 Å². The second-order valence-electron chi connectivity index (χ2n) is 6.14. The molecule has 28 heavy (non-hydrogen) atoms. The maximum Gasteiger partial charge on any atom is 0.229 e. The molecule has 0 saturated carbocycles. The Morgan fingerprint density at radius 3 is 2.43 bits per heavy atom. The Kier molecular flexibility index (Phi) is 6.81. The Balaban J connectivity index is 1.47. The molecule has 0 aliphatic carbocycles. The molecule has 144 valence electrons. The minimum absolute atomic E-state index is 0.159. The van der Waals surface area contributed by atoms with Crippen molar-refractivity contribution in [3.63, 3.8) is 0 Å². The molecular formula is C21H21ClN4O2. The van der Waals surface area contributed by atoms with Gasteiger partial charge in [0.15, 0.2) is 5.82 Å². The van der Waals surface area contributed by atoms with Crippen molar-refractivity contribution in [3.8, 4) is 5.75 Å². The van der Waals surface area contributed by atoms with E-state index in [1.807, 2.05) is 36.4 Å². The van der Waals surface area contributed by atoms with Gasteiger partial charge in [-0.25, -0.2) is 0 Å². The number of aromatic nitrogens is 2. The van der Waals surface area contributed by atoms with Gasteiger partial charge in [0.2, 0.25) is 5.91 Å². The van der Waals surface area contributed by atoms with Gasteiger partial charge in [0.25, 0.3) is 0 Å². The molecule has 0 aliphatic rings. The fraction of sp³-hybridized carbons (Fsp3) is 0.190. The maximum atomic E-state index is 12.1. The van der Waals surface area contributed by atoms with Crippen LogP contribution in [0.15, 0.2) is 60.7 Å². The van der Waals surface area contributed by atoms with E-state index in [1.165, 1.54) is 0 Å². The molecule has 3 aromatic rings. The monoisotopic (exact) mass is 396 g/mol. The first-order valence-electron chi connectivity index (χ1n) is 8.88. The largest absolute Gasteiger partial charge is 0.496 e. The molecule has 1 aromatic heterocycles. The van der Waals surface area contributed by atoms with Gasteiger partial charge in [-0.1, -0.05) is 41.9 Å². The van der Waals surface area contributed by atoms with Crippen molar-refractivity contribution in [2.45, 2.75) is 12.8 Å². The number of halogens is 1. The number of ether oxygens (including phenoxy) is 1. The summed E-state index contributed by atoms with van der Waals surface area (Å²) in [5.74, 6) is 1.77. The van der Waals surface area contributed by atoms with E-state index in [-0.39, 0.29) is 12.3 Å². The van der Waals surface area contributed by atoms with E-state index < -0.39 is 0 Å². The summed E-state index contributed by atoms with van der Waals surface area (Å²) >= 11 is 5.85. The van der Waals surface area contributed by atoms with Gasteiger partial charge in [0, 0.05) is 11.6 Å². The van der Waals surface area contributed by atoms with Crippen molar-refractivity contribution in [1.29, 1.82) is 0 Å². The highest BCUT2D eigenvalue weighted by Gasteiger charge is 2.06. The number of anilines is 2. The number of benzene rings is 2. The van der Waals surface area contributed by atoms with Gasteiger partial charge in [-0.2, -0.15) is 0 Å². The van der Waals surface area contributed by atoms with Crippen LogP contribution in [0.1, 0.15) is 11.1 Å². The first-order chi connectivity index (χ1) is 13.6. The number of rotatable bonds is 8. The average molecular weight is 397 g/mol. The summed E-state index contributed by atoms with van der Waals surface area (Å²) in [5, 5.41) is 14.7. The first kappa shape index (κ1) is 19.6. The highest BCUT2D eigenvalue weighted by Crippen LogP contribution is 2.18. The predicted molar refractivity (Wildman–Crippen MR) is 111 cm³/mol. The van der Waals surface area contributed by atoms with E-state index in [0.717, 1.165) is 23.3 Å². The van der Waals surface area contributed by atoms with Crippen molar-refractivity contribution in [1.82, 2.24) is 10.2 Å². The van der Waals surface area contributed by atoms with E-state index in [9.17, 15) is 4.79 Å². The molecule has 1 amide bonds. The molecule has 3 rings (SSSR count). The Hall–Kier alpha value is -3.12. The lowest BCUT2D eigenvalue weighted by molar-refractivity contribution is -0.115. The van der Waals surface area contributed by atoms with Crippen molar-refractivity contribution >= 4 is 29.1 Å². The zero-order chi connectivity index (χ0) is 19.8. The number of hydrogen-bond acceptors (Lipinski definition) is 5. The van der Waals surface area contributed by atoms with Gasteiger partial charge in [-0.15, -0.1) is 10.2 Å².